The third kappa shape index (κ3) is 4.05. The molecule has 2 nitrogen and oxygen atoms in total. The van der Waals surface area contributed by atoms with E-state index in [0.29, 0.717) is 6.04 Å². The molecule has 0 fully saturated rings. The summed E-state index contributed by atoms with van der Waals surface area (Å²) < 4.78 is 0. The second-order valence-electron chi connectivity index (χ2n) is 4.09. The monoisotopic (exact) mass is 219 g/mol. The van der Waals surface area contributed by atoms with E-state index in [9.17, 15) is 4.79 Å². The summed E-state index contributed by atoms with van der Waals surface area (Å²) in [4.78, 5) is 11.9. The molecule has 0 aromatic heterocycles. The molecule has 16 heavy (non-hydrogen) atoms. The summed E-state index contributed by atoms with van der Waals surface area (Å²) in [6, 6.07) is 9.71. The van der Waals surface area contributed by atoms with Gasteiger partial charge in [0, 0.05) is 11.6 Å². The number of carbonyl (C=O) groups is 1. The maximum Gasteiger partial charge on any atom is 0.251 e. The third-order valence-electron chi connectivity index (χ3n) is 2.77. The predicted molar refractivity (Wildman–Crippen MR) is 67.5 cm³/mol. The summed E-state index contributed by atoms with van der Waals surface area (Å²) in [6.45, 7) is 4.29. The highest BCUT2D eigenvalue weighted by molar-refractivity contribution is 5.94. The van der Waals surface area contributed by atoms with Gasteiger partial charge in [-0.1, -0.05) is 44.9 Å². The number of hydrogen-bond donors (Lipinski definition) is 1. The first-order valence-corrected chi connectivity index (χ1v) is 6.13. The standard InChI is InChI=1S/C14H21NO/c1-3-5-11-13(4-2)15-14(16)12-9-7-6-8-10-12/h6-10,13H,3-5,11H2,1-2H3,(H,15,16)/t13-/m0/s1. The van der Waals surface area contributed by atoms with E-state index in [1.807, 2.05) is 30.3 Å². The van der Waals surface area contributed by atoms with Crippen molar-refractivity contribution in [3.63, 3.8) is 0 Å². The fourth-order valence-electron chi connectivity index (χ4n) is 1.69. The van der Waals surface area contributed by atoms with Crippen LogP contribution in [-0.2, 0) is 0 Å². The summed E-state index contributed by atoms with van der Waals surface area (Å²) in [5.41, 5.74) is 0.748. The molecule has 0 aliphatic heterocycles. The zero-order chi connectivity index (χ0) is 11.8. The minimum absolute atomic E-state index is 0.0450. The smallest absolute Gasteiger partial charge is 0.251 e. The van der Waals surface area contributed by atoms with Crippen molar-refractivity contribution in [2.45, 2.75) is 45.6 Å². The number of carbonyl (C=O) groups excluding carboxylic acids is 1. The Kier molecular flexibility index (Phi) is 5.62. The molecule has 1 atom stereocenters. The van der Waals surface area contributed by atoms with Crippen molar-refractivity contribution in [2.24, 2.45) is 0 Å². The molecule has 0 heterocycles. The first kappa shape index (κ1) is 12.8. The zero-order valence-electron chi connectivity index (χ0n) is 10.2. The van der Waals surface area contributed by atoms with E-state index in [-0.39, 0.29) is 5.91 Å². The van der Waals surface area contributed by atoms with Crippen LogP contribution in [0.5, 0.6) is 0 Å². The molecule has 0 aliphatic carbocycles. The molecule has 1 N–H and O–H groups in total. The molecule has 1 aromatic carbocycles. The van der Waals surface area contributed by atoms with Crippen LogP contribution in [0, 0.1) is 0 Å². The van der Waals surface area contributed by atoms with E-state index >= 15 is 0 Å². The maximum absolute atomic E-state index is 11.9. The van der Waals surface area contributed by atoms with Crippen LogP contribution in [0.15, 0.2) is 30.3 Å². The van der Waals surface area contributed by atoms with Crippen molar-refractivity contribution >= 4 is 5.91 Å². The number of rotatable bonds is 6. The molecule has 0 spiro atoms. The van der Waals surface area contributed by atoms with Gasteiger partial charge in [0.2, 0.25) is 0 Å². The normalized spacial score (nSPS) is 12.1. The van der Waals surface area contributed by atoms with Crippen molar-refractivity contribution in [3.05, 3.63) is 35.9 Å². The van der Waals surface area contributed by atoms with E-state index in [2.05, 4.69) is 19.2 Å². The summed E-state index contributed by atoms with van der Waals surface area (Å²) in [7, 11) is 0. The Morgan fingerprint density at radius 1 is 1.25 bits per heavy atom. The minimum Gasteiger partial charge on any atom is -0.349 e. The molecule has 2 heteroatoms. The van der Waals surface area contributed by atoms with Gasteiger partial charge in [0.15, 0.2) is 0 Å². The van der Waals surface area contributed by atoms with Gasteiger partial charge >= 0.3 is 0 Å². The van der Waals surface area contributed by atoms with Crippen molar-refractivity contribution in [3.8, 4) is 0 Å². The second-order valence-corrected chi connectivity index (χ2v) is 4.09. The molecule has 1 aromatic rings. The molecule has 0 bridgehead atoms. The molecule has 0 radical (unpaired) electrons. The topological polar surface area (TPSA) is 29.1 Å². The lowest BCUT2D eigenvalue weighted by Gasteiger charge is -2.16. The van der Waals surface area contributed by atoms with Crippen molar-refractivity contribution in [1.29, 1.82) is 0 Å². The SMILES string of the molecule is CCCC[C@H](CC)NC(=O)c1ccccc1. The van der Waals surface area contributed by atoms with Gasteiger partial charge in [0.25, 0.3) is 5.91 Å². The van der Waals surface area contributed by atoms with Crippen LogP contribution in [0.3, 0.4) is 0 Å². The highest BCUT2D eigenvalue weighted by Crippen LogP contribution is 2.06. The molecule has 88 valence electrons. The van der Waals surface area contributed by atoms with Gasteiger partial charge in [-0.3, -0.25) is 4.79 Å². The van der Waals surface area contributed by atoms with Gasteiger partial charge in [-0.2, -0.15) is 0 Å². The van der Waals surface area contributed by atoms with E-state index in [1.165, 1.54) is 12.8 Å². The van der Waals surface area contributed by atoms with E-state index in [0.717, 1.165) is 18.4 Å². The average Bonchev–Trinajstić information content (AvgIpc) is 2.35. The second kappa shape index (κ2) is 7.04. The minimum atomic E-state index is 0.0450. The summed E-state index contributed by atoms with van der Waals surface area (Å²) in [5.74, 6) is 0.0450. The number of amides is 1. The maximum atomic E-state index is 11.9. The Balaban J connectivity index is 2.49. The zero-order valence-corrected chi connectivity index (χ0v) is 10.2. The van der Waals surface area contributed by atoms with Gasteiger partial charge in [-0.05, 0) is 25.0 Å². The van der Waals surface area contributed by atoms with Crippen molar-refractivity contribution in [2.75, 3.05) is 0 Å². The van der Waals surface area contributed by atoms with Gasteiger partial charge in [-0.25, -0.2) is 0 Å². The average molecular weight is 219 g/mol. The Labute approximate surface area is 98.1 Å². The van der Waals surface area contributed by atoms with E-state index in [4.69, 9.17) is 0 Å². The Hall–Kier alpha value is -1.31. The van der Waals surface area contributed by atoms with Crippen LogP contribution in [-0.4, -0.2) is 11.9 Å². The lowest BCUT2D eigenvalue weighted by molar-refractivity contribution is 0.0933. The predicted octanol–water partition coefficient (Wildman–Crippen LogP) is 3.39. The summed E-state index contributed by atoms with van der Waals surface area (Å²) >= 11 is 0. The molecule has 0 unspecified atom stereocenters. The van der Waals surface area contributed by atoms with Gasteiger partial charge in [-0.15, -0.1) is 0 Å². The molecular weight excluding hydrogens is 198 g/mol. The fraction of sp³-hybridized carbons (Fsp3) is 0.500. The van der Waals surface area contributed by atoms with Crippen molar-refractivity contribution < 1.29 is 4.79 Å². The van der Waals surface area contributed by atoms with Crippen LogP contribution in [0.4, 0.5) is 0 Å². The lowest BCUT2D eigenvalue weighted by atomic mass is 10.1. The first-order chi connectivity index (χ1) is 7.77. The first-order valence-electron chi connectivity index (χ1n) is 6.13. The Bertz CT molecular complexity index is 308. The van der Waals surface area contributed by atoms with E-state index in [1.54, 1.807) is 0 Å². The van der Waals surface area contributed by atoms with Gasteiger partial charge in [0.05, 0.1) is 0 Å². The number of unbranched alkanes of at least 4 members (excludes halogenated alkanes) is 1. The largest absolute Gasteiger partial charge is 0.349 e. The van der Waals surface area contributed by atoms with Gasteiger partial charge in [0.1, 0.15) is 0 Å². The lowest BCUT2D eigenvalue weighted by Crippen LogP contribution is -2.34. The molecule has 0 saturated heterocycles. The van der Waals surface area contributed by atoms with Gasteiger partial charge < -0.3 is 5.32 Å². The summed E-state index contributed by atoms with van der Waals surface area (Å²) in [6.07, 6.45) is 4.43. The molecule has 0 saturated carbocycles. The van der Waals surface area contributed by atoms with E-state index < -0.39 is 0 Å². The van der Waals surface area contributed by atoms with Crippen LogP contribution >= 0.6 is 0 Å². The van der Waals surface area contributed by atoms with Crippen LogP contribution in [0.2, 0.25) is 0 Å². The fourth-order valence-corrected chi connectivity index (χ4v) is 1.69. The number of benzene rings is 1. The Morgan fingerprint density at radius 2 is 1.94 bits per heavy atom. The molecular formula is C14H21NO. The Morgan fingerprint density at radius 3 is 2.50 bits per heavy atom. The molecule has 0 aliphatic rings. The van der Waals surface area contributed by atoms with Crippen LogP contribution < -0.4 is 5.32 Å². The highest BCUT2D eigenvalue weighted by atomic mass is 16.1. The third-order valence-corrected chi connectivity index (χ3v) is 2.77. The molecule has 1 amide bonds. The van der Waals surface area contributed by atoms with Crippen LogP contribution in [0.25, 0.3) is 0 Å². The molecule has 1 rings (SSSR count). The quantitative estimate of drug-likeness (QED) is 0.780. The van der Waals surface area contributed by atoms with Crippen molar-refractivity contribution in [1.82, 2.24) is 5.32 Å². The highest BCUT2D eigenvalue weighted by Gasteiger charge is 2.10. The number of hydrogen-bond acceptors (Lipinski definition) is 1. The number of nitrogens with one attached hydrogen (secondary N) is 1. The summed E-state index contributed by atoms with van der Waals surface area (Å²) in [5, 5.41) is 3.08. The van der Waals surface area contributed by atoms with Crippen LogP contribution in [0.1, 0.15) is 49.9 Å².